The zero-order valence-electron chi connectivity index (χ0n) is 14.6. The van der Waals surface area contributed by atoms with E-state index in [1.54, 1.807) is 0 Å². The SMILES string of the molecule is CCC(C)Oc1c(/C=N/C(C)C)cccc1C1CCCCC1. The van der Waals surface area contributed by atoms with E-state index in [0.29, 0.717) is 12.0 Å². The van der Waals surface area contributed by atoms with Crippen LogP contribution in [0.2, 0.25) is 0 Å². The molecule has 0 amide bonds. The van der Waals surface area contributed by atoms with Crippen molar-refractivity contribution in [1.29, 1.82) is 0 Å². The van der Waals surface area contributed by atoms with E-state index in [1.807, 2.05) is 6.21 Å². The summed E-state index contributed by atoms with van der Waals surface area (Å²) in [7, 11) is 0. The molecule has 0 aromatic heterocycles. The van der Waals surface area contributed by atoms with Crippen molar-refractivity contribution in [3.63, 3.8) is 0 Å². The third kappa shape index (κ3) is 4.59. The van der Waals surface area contributed by atoms with Crippen molar-refractivity contribution in [1.82, 2.24) is 0 Å². The van der Waals surface area contributed by atoms with Gasteiger partial charge in [0.05, 0.1) is 6.10 Å². The highest BCUT2D eigenvalue weighted by Gasteiger charge is 2.21. The molecule has 1 atom stereocenters. The van der Waals surface area contributed by atoms with Crippen LogP contribution in [-0.2, 0) is 0 Å². The maximum absolute atomic E-state index is 6.32. The number of benzene rings is 1. The van der Waals surface area contributed by atoms with E-state index in [1.165, 1.54) is 37.7 Å². The highest BCUT2D eigenvalue weighted by molar-refractivity contribution is 5.84. The summed E-state index contributed by atoms with van der Waals surface area (Å²) in [4.78, 5) is 4.57. The summed E-state index contributed by atoms with van der Waals surface area (Å²) in [5.74, 6) is 1.73. The molecule has 0 radical (unpaired) electrons. The molecule has 2 rings (SSSR count). The molecule has 122 valence electrons. The molecule has 1 saturated carbocycles. The van der Waals surface area contributed by atoms with Crippen molar-refractivity contribution in [2.75, 3.05) is 0 Å². The van der Waals surface area contributed by atoms with E-state index in [4.69, 9.17) is 4.74 Å². The van der Waals surface area contributed by atoms with Crippen molar-refractivity contribution >= 4 is 6.21 Å². The molecule has 0 heterocycles. The predicted octanol–water partition coefficient (Wildman–Crippen LogP) is 5.74. The molecule has 0 N–H and O–H groups in total. The van der Waals surface area contributed by atoms with Crippen molar-refractivity contribution in [2.24, 2.45) is 4.99 Å². The second-order valence-electron chi connectivity index (χ2n) is 6.81. The molecule has 0 spiro atoms. The van der Waals surface area contributed by atoms with Crippen molar-refractivity contribution < 1.29 is 4.74 Å². The first-order valence-corrected chi connectivity index (χ1v) is 8.94. The number of para-hydroxylation sites is 1. The van der Waals surface area contributed by atoms with Gasteiger partial charge in [-0.15, -0.1) is 0 Å². The molecule has 2 heteroatoms. The third-order valence-corrected chi connectivity index (χ3v) is 4.53. The largest absolute Gasteiger partial charge is 0.490 e. The van der Waals surface area contributed by atoms with E-state index in [9.17, 15) is 0 Å². The normalized spacial score (nSPS) is 18.0. The first-order valence-electron chi connectivity index (χ1n) is 8.94. The van der Waals surface area contributed by atoms with Crippen LogP contribution in [0.1, 0.15) is 83.3 Å². The Balaban J connectivity index is 2.35. The first kappa shape index (κ1) is 17.1. The fourth-order valence-electron chi connectivity index (χ4n) is 3.06. The Morgan fingerprint density at radius 3 is 2.55 bits per heavy atom. The Kier molecular flexibility index (Phi) is 6.48. The molecule has 0 saturated heterocycles. The van der Waals surface area contributed by atoms with E-state index in [-0.39, 0.29) is 6.10 Å². The first-order chi connectivity index (χ1) is 10.6. The zero-order valence-corrected chi connectivity index (χ0v) is 14.6. The Labute approximate surface area is 136 Å². The Morgan fingerprint density at radius 2 is 1.91 bits per heavy atom. The van der Waals surface area contributed by atoms with E-state index < -0.39 is 0 Å². The van der Waals surface area contributed by atoms with Gasteiger partial charge >= 0.3 is 0 Å². The van der Waals surface area contributed by atoms with Gasteiger partial charge in [-0.3, -0.25) is 4.99 Å². The summed E-state index contributed by atoms with van der Waals surface area (Å²) in [6, 6.07) is 6.88. The highest BCUT2D eigenvalue weighted by atomic mass is 16.5. The van der Waals surface area contributed by atoms with E-state index >= 15 is 0 Å². The number of hydrogen-bond donors (Lipinski definition) is 0. The van der Waals surface area contributed by atoms with Crippen LogP contribution >= 0.6 is 0 Å². The molecule has 1 aliphatic rings. The maximum atomic E-state index is 6.32. The molecule has 1 fully saturated rings. The maximum Gasteiger partial charge on any atom is 0.131 e. The second-order valence-corrected chi connectivity index (χ2v) is 6.81. The Morgan fingerprint density at radius 1 is 1.18 bits per heavy atom. The van der Waals surface area contributed by atoms with Crippen molar-refractivity contribution in [3.05, 3.63) is 29.3 Å². The summed E-state index contributed by atoms with van der Waals surface area (Å²) in [6.07, 6.45) is 9.93. The van der Waals surface area contributed by atoms with Crippen LogP contribution < -0.4 is 4.74 Å². The topological polar surface area (TPSA) is 21.6 Å². The van der Waals surface area contributed by atoms with Gasteiger partial charge < -0.3 is 4.74 Å². The Hall–Kier alpha value is -1.31. The molecule has 1 aromatic rings. The number of nitrogens with zero attached hydrogens (tertiary/aromatic N) is 1. The molecule has 2 nitrogen and oxygen atoms in total. The zero-order chi connectivity index (χ0) is 15.9. The number of rotatable bonds is 6. The van der Waals surface area contributed by atoms with Crippen LogP contribution in [0.15, 0.2) is 23.2 Å². The summed E-state index contributed by atoms with van der Waals surface area (Å²) < 4.78 is 6.32. The number of ether oxygens (including phenoxy) is 1. The van der Waals surface area contributed by atoms with E-state index in [2.05, 4.69) is 50.9 Å². The lowest BCUT2D eigenvalue weighted by atomic mass is 9.83. The number of aliphatic imine (C=N–C) groups is 1. The standard InChI is InChI=1S/C20H31NO/c1-5-16(4)22-20-18(14-21-15(2)3)12-9-13-19(20)17-10-7-6-8-11-17/h9,12-17H,5-8,10-11H2,1-4H3/b21-14+. The fourth-order valence-corrected chi connectivity index (χ4v) is 3.06. The van der Waals surface area contributed by atoms with Gasteiger partial charge in [-0.05, 0) is 57.6 Å². The van der Waals surface area contributed by atoms with Crippen molar-refractivity contribution in [3.8, 4) is 5.75 Å². The minimum atomic E-state index is 0.246. The van der Waals surface area contributed by atoms with Crippen LogP contribution in [0.5, 0.6) is 5.75 Å². The Bertz CT molecular complexity index is 486. The van der Waals surface area contributed by atoms with Gasteiger partial charge in [-0.25, -0.2) is 0 Å². The van der Waals surface area contributed by atoms with Crippen LogP contribution in [0.3, 0.4) is 0 Å². The monoisotopic (exact) mass is 301 g/mol. The minimum Gasteiger partial charge on any atom is -0.490 e. The summed E-state index contributed by atoms with van der Waals surface area (Å²) in [5, 5.41) is 0. The molecule has 0 bridgehead atoms. The minimum absolute atomic E-state index is 0.246. The molecular weight excluding hydrogens is 270 g/mol. The predicted molar refractivity (Wildman–Crippen MR) is 95.4 cm³/mol. The third-order valence-electron chi connectivity index (χ3n) is 4.53. The molecule has 1 aromatic carbocycles. The number of hydrogen-bond acceptors (Lipinski definition) is 2. The van der Waals surface area contributed by atoms with Gasteiger partial charge in [0.15, 0.2) is 0 Å². The average molecular weight is 301 g/mol. The summed E-state index contributed by atoms with van der Waals surface area (Å²) >= 11 is 0. The fraction of sp³-hybridized carbons (Fsp3) is 0.650. The summed E-state index contributed by atoms with van der Waals surface area (Å²) in [5.41, 5.74) is 2.53. The quantitative estimate of drug-likeness (QED) is 0.614. The molecule has 1 unspecified atom stereocenters. The lowest BCUT2D eigenvalue weighted by Crippen LogP contribution is -2.15. The smallest absolute Gasteiger partial charge is 0.131 e. The van der Waals surface area contributed by atoms with Crippen LogP contribution in [0.25, 0.3) is 0 Å². The van der Waals surface area contributed by atoms with Crippen LogP contribution in [-0.4, -0.2) is 18.4 Å². The van der Waals surface area contributed by atoms with Gasteiger partial charge in [0, 0.05) is 17.8 Å². The lowest BCUT2D eigenvalue weighted by molar-refractivity contribution is 0.212. The van der Waals surface area contributed by atoms with Gasteiger partial charge in [-0.2, -0.15) is 0 Å². The second kappa shape index (κ2) is 8.36. The van der Waals surface area contributed by atoms with Gasteiger partial charge in [0.25, 0.3) is 0 Å². The average Bonchev–Trinajstić information content (AvgIpc) is 2.54. The van der Waals surface area contributed by atoms with Gasteiger partial charge in [0.2, 0.25) is 0 Å². The van der Waals surface area contributed by atoms with Gasteiger partial charge in [-0.1, -0.05) is 38.3 Å². The molecule has 1 aliphatic carbocycles. The summed E-state index contributed by atoms with van der Waals surface area (Å²) in [6.45, 7) is 8.55. The van der Waals surface area contributed by atoms with Crippen molar-refractivity contribution in [2.45, 2.75) is 84.3 Å². The van der Waals surface area contributed by atoms with Crippen LogP contribution in [0.4, 0.5) is 0 Å². The van der Waals surface area contributed by atoms with Gasteiger partial charge in [0.1, 0.15) is 5.75 Å². The lowest BCUT2D eigenvalue weighted by Gasteiger charge is -2.26. The molecule has 22 heavy (non-hydrogen) atoms. The van der Waals surface area contributed by atoms with Crippen LogP contribution in [0, 0.1) is 0 Å². The van der Waals surface area contributed by atoms with E-state index in [0.717, 1.165) is 17.7 Å². The molecule has 0 aliphatic heterocycles. The highest BCUT2D eigenvalue weighted by Crippen LogP contribution is 2.39. The molecular formula is C20H31NO.